The largest absolute Gasteiger partial charge is 0.449 e. The van der Waals surface area contributed by atoms with Crippen LogP contribution in [-0.4, -0.2) is 0 Å². The van der Waals surface area contributed by atoms with Crippen LogP contribution in [0, 0.1) is 36.3 Å². The second-order valence-corrected chi connectivity index (χ2v) is 13.8. The van der Waals surface area contributed by atoms with Crippen LogP contribution in [0.4, 0.5) is 8.78 Å². The molecule has 3 aliphatic rings. The highest BCUT2D eigenvalue weighted by Crippen LogP contribution is 2.58. The van der Waals surface area contributed by atoms with Gasteiger partial charge in [-0.1, -0.05) is 84.6 Å². The Morgan fingerprint density at radius 2 is 0.836 bits per heavy atom. The molecule has 0 atom stereocenters. The molecule has 0 saturated carbocycles. The van der Waals surface area contributed by atoms with Gasteiger partial charge in [-0.25, -0.2) is 8.78 Å². The number of hydrogen-bond donors (Lipinski definition) is 0. The summed E-state index contributed by atoms with van der Waals surface area (Å²) in [6.07, 6.45) is 11.1. The average Bonchev–Trinajstić information content (AvgIpc) is 3.51. The lowest BCUT2D eigenvalue weighted by molar-refractivity contribution is 0.343. The van der Waals surface area contributed by atoms with Crippen LogP contribution in [0.3, 0.4) is 0 Å². The highest BCUT2D eigenvalue weighted by molar-refractivity contribution is 5.93. The third kappa shape index (κ3) is 4.40. The summed E-state index contributed by atoms with van der Waals surface area (Å²) in [5.74, 6) is 5.93. The molecule has 0 amide bonds. The van der Waals surface area contributed by atoms with Crippen molar-refractivity contribution in [1.29, 1.82) is 0 Å². The molecule has 55 heavy (non-hydrogen) atoms. The summed E-state index contributed by atoms with van der Waals surface area (Å²) in [5.41, 5.74) is 6.57. The summed E-state index contributed by atoms with van der Waals surface area (Å²) in [6.45, 7) is 0. The minimum atomic E-state index is -0.745. The van der Waals surface area contributed by atoms with Crippen LogP contribution in [0.1, 0.15) is 33.4 Å². The van der Waals surface area contributed by atoms with Crippen LogP contribution in [0.2, 0.25) is 0 Å². The first kappa shape index (κ1) is 31.0. The standard InChI is InChI=1S/C49H24F2O4/c1-3-27-17-39(50)47-45(19-27)52-41-23-29-13-15-33(21-31(29)25-43(41)54-47)49(37-11-7-5-9-35(37)36-10-6-8-12-38(36)49)34-16-14-30-24-42-44(26-32(30)22-34)55-48-40(51)18-28(4-2)20-46(48)53-42/h1-2,5-26H. The zero-order valence-electron chi connectivity index (χ0n) is 28.7. The zero-order valence-corrected chi connectivity index (χ0v) is 28.7. The number of hydrogen-bond acceptors (Lipinski definition) is 4. The molecule has 0 radical (unpaired) electrons. The first-order chi connectivity index (χ1) is 26.9. The van der Waals surface area contributed by atoms with Gasteiger partial charge in [-0.2, -0.15) is 0 Å². The minimum absolute atomic E-state index is 0.00611. The molecule has 6 heteroatoms. The highest BCUT2D eigenvalue weighted by Gasteiger charge is 2.46. The van der Waals surface area contributed by atoms with E-state index in [9.17, 15) is 0 Å². The molecule has 0 spiro atoms. The van der Waals surface area contributed by atoms with Crippen LogP contribution in [0.15, 0.2) is 133 Å². The number of benzene rings is 8. The Kier molecular flexibility index (Phi) is 6.34. The highest BCUT2D eigenvalue weighted by atomic mass is 19.1. The summed E-state index contributed by atoms with van der Waals surface area (Å²) in [6, 6.07) is 43.0. The van der Waals surface area contributed by atoms with Crippen molar-refractivity contribution in [2.45, 2.75) is 5.41 Å². The summed E-state index contributed by atoms with van der Waals surface area (Å²) in [4.78, 5) is 0. The van der Waals surface area contributed by atoms with Crippen LogP contribution in [-0.2, 0) is 5.41 Å². The predicted octanol–water partition coefficient (Wildman–Crippen LogP) is 12.4. The van der Waals surface area contributed by atoms with Crippen LogP contribution in [0.5, 0.6) is 46.0 Å². The number of halogens is 2. The molecule has 2 aliphatic heterocycles. The van der Waals surface area contributed by atoms with E-state index in [4.69, 9.17) is 31.8 Å². The quantitative estimate of drug-likeness (QED) is 0.167. The van der Waals surface area contributed by atoms with Crippen molar-refractivity contribution in [2.75, 3.05) is 0 Å². The van der Waals surface area contributed by atoms with Crippen molar-refractivity contribution < 1.29 is 27.7 Å². The van der Waals surface area contributed by atoms with Gasteiger partial charge in [-0.3, -0.25) is 0 Å². The van der Waals surface area contributed by atoms with Crippen molar-refractivity contribution in [3.63, 3.8) is 0 Å². The third-order valence-corrected chi connectivity index (χ3v) is 10.8. The Bertz CT molecular complexity index is 2900. The van der Waals surface area contributed by atoms with Crippen molar-refractivity contribution in [2.24, 2.45) is 0 Å². The van der Waals surface area contributed by atoms with Crippen LogP contribution < -0.4 is 18.9 Å². The summed E-state index contributed by atoms with van der Waals surface area (Å²) in [5, 5.41) is 3.61. The molecule has 0 N–H and O–H groups in total. The molecule has 0 fully saturated rings. The molecule has 4 nitrogen and oxygen atoms in total. The van der Waals surface area contributed by atoms with E-state index in [1.165, 1.54) is 12.1 Å². The van der Waals surface area contributed by atoms with E-state index in [0.717, 1.165) is 54.9 Å². The van der Waals surface area contributed by atoms with Gasteiger partial charge in [0, 0.05) is 23.3 Å². The molecule has 0 aromatic heterocycles. The van der Waals surface area contributed by atoms with Crippen molar-refractivity contribution in [1.82, 2.24) is 0 Å². The van der Waals surface area contributed by atoms with Crippen LogP contribution in [0.25, 0.3) is 32.7 Å². The second kappa shape index (κ2) is 11.2. The smallest absolute Gasteiger partial charge is 0.205 e. The van der Waals surface area contributed by atoms with Gasteiger partial charge in [0.1, 0.15) is 0 Å². The lowest BCUT2D eigenvalue weighted by Crippen LogP contribution is -2.28. The van der Waals surface area contributed by atoms with Gasteiger partial charge in [0.2, 0.25) is 11.5 Å². The van der Waals surface area contributed by atoms with Gasteiger partial charge in [-0.15, -0.1) is 12.8 Å². The molecular weight excluding hydrogens is 691 g/mol. The molecule has 258 valence electrons. The van der Waals surface area contributed by atoms with Gasteiger partial charge in [0.05, 0.1) is 5.41 Å². The predicted molar refractivity (Wildman–Crippen MR) is 208 cm³/mol. The molecule has 8 aromatic carbocycles. The maximum Gasteiger partial charge on any atom is 0.205 e. The molecule has 0 unspecified atom stereocenters. The first-order valence-electron chi connectivity index (χ1n) is 17.6. The van der Waals surface area contributed by atoms with Crippen LogP contribution >= 0.6 is 0 Å². The maximum atomic E-state index is 15.1. The van der Waals surface area contributed by atoms with E-state index < -0.39 is 17.0 Å². The normalized spacial score (nSPS) is 13.6. The molecule has 2 heterocycles. The van der Waals surface area contributed by atoms with Crippen molar-refractivity contribution in [3.05, 3.63) is 178 Å². The van der Waals surface area contributed by atoms with E-state index in [-0.39, 0.29) is 23.0 Å². The summed E-state index contributed by atoms with van der Waals surface area (Å²) < 4.78 is 54.7. The SMILES string of the molecule is C#Cc1cc(F)c2c(c1)Oc1cc3ccc(C4(c5ccc6cc7c(cc6c5)Oc5c(F)cc(C#C)cc5O7)c5ccccc5-c5ccccc54)cc3cc1O2. The summed E-state index contributed by atoms with van der Waals surface area (Å²) >= 11 is 0. The molecular formula is C49H24F2O4. The Morgan fingerprint density at radius 3 is 1.29 bits per heavy atom. The van der Waals surface area contributed by atoms with Gasteiger partial charge in [0.25, 0.3) is 0 Å². The molecule has 8 aromatic rings. The fraction of sp³-hybridized carbons (Fsp3) is 0.0204. The van der Waals surface area contributed by atoms with Gasteiger partial charge in [0.15, 0.2) is 46.1 Å². The zero-order chi connectivity index (χ0) is 37.0. The van der Waals surface area contributed by atoms with E-state index in [2.05, 4.69) is 96.8 Å². The number of terminal acetylenes is 2. The molecule has 0 bridgehead atoms. The van der Waals surface area contributed by atoms with Gasteiger partial charge < -0.3 is 18.9 Å². The van der Waals surface area contributed by atoms with E-state index >= 15 is 8.78 Å². The van der Waals surface area contributed by atoms with E-state index in [1.807, 2.05) is 24.3 Å². The Labute approximate surface area is 314 Å². The summed E-state index contributed by atoms with van der Waals surface area (Å²) in [7, 11) is 0. The van der Waals surface area contributed by atoms with Crippen molar-refractivity contribution >= 4 is 21.5 Å². The fourth-order valence-electron chi connectivity index (χ4n) is 8.43. The topological polar surface area (TPSA) is 36.9 Å². The number of rotatable bonds is 2. The molecule has 1 aliphatic carbocycles. The average molecular weight is 715 g/mol. The fourth-order valence-corrected chi connectivity index (χ4v) is 8.43. The van der Waals surface area contributed by atoms with E-state index in [1.54, 1.807) is 12.1 Å². The van der Waals surface area contributed by atoms with Gasteiger partial charge >= 0.3 is 0 Å². The third-order valence-electron chi connectivity index (χ3n) is 10.8. The molecule has 11 rings (SSSR count). The first-order valence-corrected chi connectivity index (χ1v) is 17.6. The number of fused-ring (bicyclic) bond motifs is 9. The lowest BCUT2D eigenvalue weighted by Gasteiger charge is -2.34. The van der Waals surface area contributed by atoms with Crippen molar-refractivity contribution in [3.8, 4) is 81.8 Å². The van der Waals surface area contributed by atoms with E-state index in [0.29, 0.717) is 34.1 Å². The molecule has 0 saturated heterocycles. The minimum Gasteiger partial charge on any atom is -0.449 e. The number of ether oxygens (including phenoxy) is 4. The second-order valence-electron chi connectivity index (χ2n) is 13.8. The maximum absolute atomic E-state index is 15.1. The lowest BCUT2D eigenvalue weighted by atomic mass is 9.67. The van der Waals surface area contributed by atoms with Gasteiger partial charge in [-0.05, 0) is 103 Å². The Balaban J connectivity index is 1.10. The monoisotopic (exact) mass is 714 g/mol. The Morgan fingerprint density at radius 1 is 0.418 bits per heavy atom. The Hall–Kier alpha value is -7.54.